The molecule has 122 valence electrons. The number of nitrogens with one attached hydrogen (secondary N) is 1. The summed E-state index contributed by atoms with van der Waals surface area (Å²) in [6, 6.07) is 0. The third-order valence-electron chi connectivity index (χ3n) is 4.24. The van der Waals surface area contributed by atoms with Crippen molar-refractivity contribution in [1.82, 2.24) is 10.2 Å². The van der Waals surface area contributed by atoms with Crippen LogP contribution in [0.15, 0.2) is 0 Å². The minimum absolute atomic E-state index is 0.372. The molecular formula is C16H36N2O2. The fraction of sp³-hybridized carbons (Fsp3) is 1.00. The topological polar surface area (TPSA) is 33.7 Å². The quantitative estimate of drug-likeness (QED) is 0.498. The zero-order chi connectivity index (χ0) is 15.3. The SMILES string of the molecule is CCNCC(CC)(CC)CN(CCCOC)CCOC. The third kappa shape index (κ3) is 8.20. The molecule has 0 rings (SSSR count). The van der Waals surface area contributed by atoms with Crippen molar-refractivity contribution in [2.75, 3.05) is 60.2 Å². The van der Waals surface area contributed by atoms with E-state index in [1.54, 1.807) is 14.2 Å². The first-order valence-corrected chi connectivity index (χ1v) is 8.09. The van der Waals surface area contributed by atoms with E-state index in [1.807, 2.05) is 0 Å². The van der Waals surface area contributed by atoms with Gasteiger partial charge in [-0.25, -0.2) is 0 Å². The van der Waals surface area contributed by atoms with E-state index >= 15 is 0 Å². The summed E-state index contributed by atoms with van der Waals surface area (Å²) >= 11 is 0. The summed E-state index contributed by atoms with van der Waals surface area (Å²) in [5, 5.41) is 3.54. The molecule has 0 heterocycles. The second-order valence-corrected chi connectivity index (χ2v) is 5.60. The molecule has 0 unspecified atom stereocenters. The Morgan fingerprint density at radius 1 is 0.950 bits per heavy atom. The van der Waals surface area contributed by atoms with E-state index in [4.69, 9.17) is 9.47 Å². The largest absolute Gasteiger partial charge is 0.385 e. The highest BCUT2D eigenvalue weighted by molar-refractivity contribution is 4.83. The predicted molar refractivity (Wildman–Crippen MR) is 86.4 cm³/mol. The Kier molecular flexibility index (Phi) is 12.5. The summed E-state index contributed by atoms with van der Waals surface area (Å²) in [4.78, 5) is 2.53. The van der Waals surface area contributed by atoms with Crippen LogP contribution < -0.4 is 5.32 Å². The first kappa shape index (κ1) is 19.8. The molecule has 1 N–H and O–H groups in total. The van der Waals surface area contributed by atoms with E-state index in [1.165, 1.54) is 12.8 Å². The number of methoxy groups -OCH3 is 2. The van der Waals surface area contributed by atoms with Gasteiger partial charge in [0.1, 0.15) is 0 Å². The van der Waals surface area contributed by atoms with Crippen molar-refractivity contribution in [2.45, 2.75) is 40.0 Å². The zero-order valence-electron chi connectivity index (χ0n) is 14.3. The van der Waals surface area contributed by atoms with Gasteiger partial charge in [-0.2, -0.15) is 0 Å². The van der Waals surface area contributed by atoms with Crippen molar-refractivity contribution in [2.24, 2.45) is 5.41 Å². The highest BCUT2D eigenvalue weighted by Crippen LogP contribution is 2.27. The molecule has 0 aromatic heterocycles. The van der Waals surface area contributed by atoms with Crippen molar-refractivity contribution in [3.63, 3.8) is 0 Å². The van der Waals surface area contributed by atoms with Crippen molar-refractivity contribution < 1.29 is 9.47 Å². The molecule has 0 bridgehead atoms. The Balaban J connectivity index is 4.50. The summed E-state index contributed by atoms with van der Waals surface area (Å²) in [6.07, 6.45) is 3.51. The van der Waals surface area contributed by atoms with E-state index in [0.717, 1.165) is 52.4 Å². The van der Waals surface area contributed by atoms with Crippen LogP contribution in [0.2, 0.25) is 0 Å². The highest BCUT2D eigenvalue weighted by atomic mass is 16.5. The van der Waals surface area contributed by atoms with E-state index in [0.29, 0.717) is 5.41 Å². The maximum atomic E-state index is 5.25. The first-order valence-electron chi connectivity index (χ1n) is 8.09. The lowest BCUT2D eigenvalue weighted by atomic mass is 9.81. The van der Waals surface area contributed by atoms with Crippen LogP contribution in [0.5, 0.6) is 0 Å². The minimum atomic E-state index is 0.372. The van der Waals surface area contributed by atoms with Crippen molar-refractivity contribution in [3.8, 4) is 0 Å². The van der Waals surface area contributed by atoms with Gasteiger partial charge in [-0.1, -0.05) is 20.8 Å². The molecule has 4 nitrogen and oxygen atoms in total. The summed E-state index contributed by atoms with van der Waals surface area (Å²) in [5.41, 5.74) is 0.372. The van der Waals surface area contributed by atoms with Crippen LogP contribution in [0.4, 0.5) is 0 Å². The standard InChI is InChI=1S/C16H36N2O2/c1-6-16(7-2,14-17-8-3)15-18(11-13-20-5)10-9-12-19-4/h17H,6-15H2,1-5H3. The van der Waals surface area contributed by atoms with Gasteiger partial charge >= 0.3 is 0 Å². The van der Waals surface area contributed by atoms with Gasteiger partial charge in [0.25, 0.3) is 0 Å². The van der Waals surface area contributed by atoms with Gasteiger partial charge in [0.15, 0.2) is 0 Å². The number of ether oxygens (including phenoxy) is 2. The van der Waals surface area contributed by atoms with Gasteiger partial charge in [-0.3, -0.25) is 0 Å². The van der Waals surface area contributed by atoms with E-state index in [9.17, 15) is 0 Å². The van der Waals surface area contributed by atoms with Gasteiger partial charge in [-0.05, 0) is 31.2 Å². The Morgan fingerprint density at radius 3 is 2.10 bits per heavy atom. The number of hydrogen-bond donors (Lipinski definition) is 1. The second kappa shape index (κ2) is 12.6. The Bertz CT molecular complexity index is 209. The minimum Gasteiger partial charge on any atom is -0.385 e. The molecule has 0 aliphatic carbocycles. The molecule has 0 fully saturated rings. The Morgan fingerprint density at radius 2 is 1.60 bits per heavy atom. The van der Waals surface area contributed by atoms with Crippen molar-refractivity contribution in [1.29, 1.82) is 0 Å². The fourth-order valence-electron chi connectivity index (χ4n) is 2.57. The zero-order valence-corrected chi connectivity index (χ0v) is 14.3. The van der Waals surface area contributed by atoms with Crippen LogP contribution in [-0.4, -0.2) is 65.1 Å². The van der Waals surface area contributed by atoms with Crippen LogP contribution in [0.3, 0.4) is 0 Å². The Hall–Kier alpha value is -0.160. The van der Waals surface area contributed by atoms with Crippen LogP contribution in [0.25, 0.3) is 0 Å². The van der Waals surface area contributed by atoms with Crippen LogP contribution in [-0.2, 0) is 9.47 Å². The van der Waals surface area contributed by atoms with E-state index in [2.05, 4.69) is 31.0 Å². The maximum absolute atomic E-state index is 5.25. The Labute approximate surface area is 126 Å². The number of nitrogens with zero attached hydrogens (tertiary/aromatic N) is 1. The van der Waals surface area contributed by atoms with Crippen LogP contribution in [0, 0.1) is 5.41 Å². The molecule has 0 spiro atoms. The summed E-state index contributed by atoms with van der Waals surface area (Å²) < 4.78 is 10.4. The molecule has 0 saturated heterocycles. The maximum Gasteiger partial charge on any atom is 0.0589 e. The summed E-state index contributed by atoms with van der Waals surface area (Å²) in [6.45, 7) is 13.8. The normalized spacial score (nSPS) is 12.3. The lowest BCUT2D eigenvalue weighted by Gasteiger charge is -2.37. The summed E-state index contributed by atoms with van der Waals surface area (Å²) in [7, 11) is 3.55. The lowest BCUT2D eigenvalue weighted by Crippen LogP contribution is -2.45. The summed E-state index contributed by atoms with van der Waals surface area (Å²) in [5.74, 6) is 0. The molecule has 20 heavy (non-hydrogen) atoms. The molecule has 0 aromatic rings. The molecule has 4 heteroatoms. The first-order chi connectivity index (χ1) is 9.67. The molecule has 0 saturated carbocycles. The van der Waals surface area contributed by atoms with E-state index in [-0.39, 0.29) is 0 Å². The van der Waals surface area contributed by atoms with Crippen LogP contribution in [0.1, 0.15) is 40.0 Å². The van der Waals surface area contributed by atoms with Gasteiger partial charge in [0, 0.05) is 47.0 Å². The molecule has 0 atom stereocenters. The van der Waals surface area contributed by atoms with Crippen LogP contribution >= 0.6 is 0 Å². The predicted octanol–water partition coefficient (Wildman–Crippen LogP) is 2.39. The van der Waals surface area contributed by atoms with Crippen molar-refractivity contribution in [3.05, 3.63) is 0 Å². The van der Waals surface area contributed by atoms with E-state index < -0.39 is 0 Å². The molecule has 0 aromatic carbocycles. The van der Waals surface area contributed by atoms with Gasteiger partial charge in [0.05, 0.1) is 6.61 Å². The lowest BCUT2D eigenvalue weighted by molar-refractivity contribution is 0.0888. The highest BCUT2D eigenvalue weighted by Gasteiger charge is 2.28. The van der Waals surface area contributed by atoms with Gasteiger partial charge < -0.3 is 19.7 Å². The smallest absolute Gasteiger partial charge is 0.0589 e. The van der Waals surface area contributed by atoms with Crippen molar-refractivity contribution >= 4 is 0 Å². The average molecular weight is 288 g/mol. The second-order valence-electron chi connectivity index (χ2n) is 5.60. The molecule has 0 amide bonds. The molecule has 0 aliphatic heterocycles. The van der Waals surface area contributed by atoms with Gasteiger partial charge in [-0.15, -0.1) is 0 Å². The number of rotatable bonds is 14. The average Bonchev–Trinajstić information content (AvgIpc) is 2.49. The molecule has 0 radical (unpaired) electrons. The monoisotopic (exact) mass is 288 g/mol. The third-order valence-corrected chi connectivity index (χ3v) is 4.24. The fourth-order valence-corrected chi connectivity index (χ4v) is 2.57. The molecule has 0 aliphatic rings. The number of hydrogen-bond acceptors (Lipinski definition) is 4. The van der Waals surface area contributed by atoms with Gasteiger partial charge in [0.2, 0.25) is 0 Å². The molecular weight excluding hydrogens is 252 g/mol.